The monoisotopic (exact) mass is 260 g/mol. The van der Waals surface area contributed by atoms with E-state index in [1.54, 1.807) is 0 Å². The van der Waals surface area contributed by atoms with E-state index in [4.69, 9.17) is 5.73 Å². The number of benzene rings is 1. The number of nitrogens with two attached hydrogens (primary N) is 1. The molecule has 19 heavy (non-hydrogen) atoms. The molecule has 1 saturated carbocycles. The number of amides is 1. The summed E-state index contributed by atoms with van der Waals surface area (Å²) in [4.78, 5) is 14.4. The predicted molar refractivity (Wildman–Crippen MR) is 78.8 cm³/mol. The Morgan fingerprint density at radius 3 is 2.74 bits per heavy atom. The third kappa shape index (κ3) is 3.98. The first kappa shape index (κ1) is 13.9. The Labute approximate surface area is 115 Å². The van der Waals surface area contributed by atoms with Gasteiger partial charge in [-0.3, -0.25) is 4.79 Å². The van der Waals surface area contributed by atoms with Gasteiger partial charge in [-0.2, -0.15) is 0 Å². The van der Waals surface area contributed by atoms with E-state index in [0.717, 1.165) is 37.1 Å². The van der Waals surface area contributed by atoms with Crippen LogP contribution in [0.4, 0.5) is 5.69 Å². The summed E-state index contributed by atoms with van der Waals surface area (Å²) in [6, 6.07) is 8.34. The number of unbranched alkanes of at least 4 members (excludes halogenated alkanes) is 1. The van der Waals surface area contributed by atoms with Gasteiger partial charge in [0.05, 0.1) is 0 Å². The summed E-state index contributed by atoms with van der Waals surface area (Å²) in [5, 5.41) is 0. The van der Waals surface area contributed by atoms with Crippen molar-refractivity contribution >= 4 is 11.6 Å². The Bertz CT molecular complexity index is 427. The zero-order valence-corrected chi connectivity index (χ0v) is 11.8. The fourth-order valence-electron chi connectivity index (χ4n) is 2.37. The minimum atomic E-state index is 0.291. The van der Waals surface area contributed by atoms with Crippen LogP contribution in [-0.2, 0) is 11.2 Å². The molecule has 0 atom stereocenters. The molecule has 1 amide bonds. The van der Waals surface area contributed by atoms with Crippen molar-refractivity contribution in [2.45, 2.75) is 51.5 Å². The molecule has 2 rings (SSSR count). The first-order chi connectivity index (χ1) is 9.22. The van der Waals surface area contributed by atoms with Gasteiger partial charge in [-0.25, -0.2) is 0 Å². The van der Waals surface area contributed by atoms with E-state index in [0.29, 0.717) is 18.4 Å². The molecule has 1 aromatic carbocycles. The third-order valence-electron chi connectivity index (χ3n) is 3.72. The Balaban J connectivity index is 1.87. The number of carbonyl (C=O) groups excluding carboxylic acids is 1. The lowest BCUT2D eigenvalue weighted by Gasteiger charge is -2.22. The minimum Gasteiger partial charge on any atom is -0.399 e. The van der Waals surface area contributed by atoms with E-state index in [1.807, 2.05) is 24.3 Å². The highest BCUT2D eigenvalue weighted by Gasteiger charge is 2.31. The number of nitrogens with zero attached hydrogens (tertiary/aromatic N) is 1. The number of rotatable bonds is 7. The molecule has 0 spiro atoms. The summed E-state index contributed by atoms with van der Waals surface area (Å²) in [7, 11) is 0. The molecule has 3 heteroatoms. The summed E-state index contributed by atoms with van der Waals surface area (Å²) in [6.45, 7) is 3.09. The van der Waals surface area contributed by atoms with Crippen molar-refractivity contribution in [2.24, 2.45) is 0 Å². The quantitative estimate of drug-likeness (QED) is 0.766. The molecular weight excluding hydrogens is 236 g/mol. The predicted octanol–water partition coefficient (Wildman–Crippen LogP) is 2.99. The number of anilines is 1. The van der Waals surface area contributed by atoms with Crippen LogP contribution in [0.5, 0.6) is 0 Å². The van der Waals surface area contributed by atoms with E-state index in [2.05, 4.69) is 11.8 Å². The van der Waals surface area contributed by atoms with Crippen LogP contribution in [0, 0.1) is 0 Å². The van der Waals surface area contributed by atoms with Crippen LogP contribution in [0.25, 0.3) is 0 Å². The molecule has 0 aliphatic heterocycles. The summed E-state index contributed by atoms with van der Waals surface area (Å²) in [5.41, 5.74) is 7.79. The lowest BCUT2D eigenvalue weighted by Crippen LogP contribution is -2.34. The largest absolute Gasteiger partial charge is 0.399 e. The van der Waals surface area contributed by atoms with Crippen LogP contribution in [0.15, 0.2) is 24.3 Å². The Morgan fingerprint density at radius 1 is 1.37 bits per heavy atom. The van der Waals surface area contributed by atoms with E-state index in [-0.39, 0.29) is 0 Å². The first-order valence-electron chi connectivity index (χ1n) is 7.35. The van der Waals surface area contributed by atoms with E-state index in [9.17, 15) is 4.79 Å². The SMILES string of the molecule is CCCCN(C(=O)CCc1ccccc1N)C1CC1. The van der Waals surface area contributed by atoms with Crippen LogP contribution < -0.4 is 5.73 Å². The molecule has 1 fully saturated rings. The highest BCUT2D eigenvalue weighted by Crippen LogP contribution is 2.28. The average molecular weight is 260 g/mol. The molecule has 0 radical (unpaired) electrons. The zero-order valence-electron chi connectivity index (χ0n) is 11.8. The van der Waals surface area contributed by atoms with Crippen molar-refractivity contribution in [2.75, 3.05) is 12.3 Å². The van der Waals surface area contributed by atoms with Crippen molar-refractivity contribution in [1.82, 2.24) is 4.90 Å². The molecule has 0 bridgehead atoms. The van der Waals surface area contributed by atoms with E-state index >= 15 is 0 Å². The van der Waals surface area contributed by atoms with Gasteiger partial charge in [0.25, 0.3) is 0 Å². The maximum absolute atomic E-state index is 12.3. The molecule has 104 valence electrons. The van der Waals surface area contributed by atoms with Gasteiger partial charge < -0.3 is 10.6 Å². The van der Waals surface area contributed by atoms with Crippen LogP contribution in [0.2, 0.25) is 0 Å². The highest BCUT2D eigenvalue weighted by molar-refractivity contribution is 5.77. The number of nitrogen functional groups attached to an aromatic ring is 1. The number of carbonyl (C=O) groups is 1. The molecule has 0 heterocycles. The fourth-order valence-corrected chi connectivity index (χ4v) is 2.37. The summed E-state index contributed by atoms with van der Waals surface area (Å²) in [5.74, 6) is 0.291. The van der Waals surface area contributed by atoms with Crippen LogP contribution in [0.1, 0.15) is 44.6 Å². The third-order valence-corrected chi connectivity index (χ3v) is 3.72. The number of para-hydroxylation sites is 1. The Hall–Kier alpha value is -1.51. The van der Waals surface area contributed by atoms with Gasteiger partial charge in [0, 0.05) is 24.7 Å². The molecule has 0 unspecified atom stereocenters. The molecule has 3 nitrogen and oxygen atoms in total. The topological polar surface area (TPSA) is 46.3 Å². The molecule has 0 saturated heterocycles. The molecule has 2 N–H and O–H groups in total. The van der Waals surface area contributed by atoms with E-state index in [1.165, 1.54) is 12.8 Å². The number of hydrogen-bond donors (Lipinski definition) is 1. The number of hydrogen-bond acceptors (Lipinski definition) is 2. The van der Waals surface area contributed by atoms with Crippen molar-refractivity contribution in [3.63, 3.8) is 0 Å². The van der Waals surface area contributed by atoms with Gasteiger partial charge in [-0.15, -0.1) is 0 Å². The Kier molecular flexibility index (Phi) is 4.83. The summed E-state index contributed by atoms with van der Waals surface area (Å²) in [6.07, 6.45) is 5.94. The van der Waals surface area contributed by atoms with Gasteiger partial charge in [-0.1, -0.05) is 31.5 Å². The summed E-state index contributed by atoms with van der Waals surface area (Å²) >= 11 is 0. The minimum absolute atomic E-state index is 0.291. The van der Waals surface area contributed by atoms with Crippen LogP contribution in [0.3, 0.4) is 0 Å². The second kappa shape index (κ2) is 6.60. The van der Waals surface area contributed by atoms with Crippen molar-refractivity contribution in [3.05, 3.63) is 29.8 Å². The second-order valence-electron chi connectivity index (χ2n) is 5.37. The molecule has 1 aliphatic rings. The van der Waals surface area contributed by atoms with Gasteiger partial charge >= 0.3 is 0 Å². The van der Waals surface area contributed by atoms with Crippen molar-refractivity contribution < 1.29 is 4.79 Å². The van der Waals surface area contributed by atoms with Gasteiger partial charge in [-0.05, 0) is 37.3 Å². The zero-order chi connectivity index (χ0) is 13.7. The second-order valence-corrected chi connectivity index (χ2v) is 5.37. The molecular formula is C16H24N2O. The normalized spacial score (nSPS) is 14.4. The number of aryl methyl sites for hydroxylation is 1. The van der Waals surface area contributed by atoms with E-state index < -0.39 is 0 Å². The van der Waals surface area contributed by atoms with Crippen molar-refractivity contribution in [1.29, 1.82) is 0 Å². The standard InChI is InChI=1S/C16H24N2O/c1-2-3-12-18(14-9-10-14)16(19)11-8-13-6-4-5-7-15(13)17/h4-7,14H,2-3,8-12,17H2,1H3. The lowest BCUT2D eigenvalue weighted by molar-refractivity contribution is -0.131. The first-order valence-corrected chi connectivity index (χ1v) is 7.35. The fraction of sp³-hybridized carbons (Fsp3) is 0.562. The van der Waals surface area contributed by atoms with Gasteiger partial charge in [0.1, 0.15) is 0 Å². The van der Waals surface area contributed by atoms with Crippen molar-refractivity contribution in [3.8, 4) is 0 Å². The lowest BCUT2D eigenvalue weighted by atomic mass is 10.1. The van der Waals surface area contributed by atoms with Gasteiger partial charge in [0.2, 0.25) is 5.91 Å². The van der Waals surface area contributed by atoms with Crippen LogP contribution in [-0.4, -0.2) is 23.4 Å². The highest BCUT2D eigenvalue weighted by atomic mass is 16.2. The van der Waals surface area contributed by atoms with Gasteiger partial charge in [0.15, 0.2) is 0 Å². The van der Waals surface area contributed by atoms with Crippen LogP contribution >= 0.6 is 0 Å². The smallest absolute Gasteiger partial charge is 0.223 e. The summed E-state index contributed by atoms with van der Waals surface area (Å²) < 4.78 is 0. The molecule has 1 aromatic rings. The maximum atomic E-state index is 12.3. The average Bonchev–Trinajstić information content (AvgIpc) is 3.23. The molecule has 1 aliphatic carbocycles. The maximum Gasteiger partial charge on any atom is 0.223 e. The molecule has 0 aromatic heterocycles. The Morgan fingerprint density at radius 2 is 2.11 bits per heavy atom.